The van der Waals surface area contributed by atoms with E-state index in [1.165, 1.54) is 0 Å². The molecule has 0 aliphatic carbocycles. The van der Waals surface area contributed by atoms with Crippen molar-refractivity contribution >= 4 is 34.0 Å². The fourth-order valence-corrected chi connectivity index (χ4v) is 3.28. The zero-order valence-electron chi connectivity index (χ0n) is 13.4. The number of rotatable bonds is 4. The summed E-state index contributed by atoms with van der Waals surface area (Å²) in [7, 11) is 4.70. The summed E-state index contributed by atoms with van der Waals surface area (Å²) in [6.07, 6.45) is 0. The van der Waals surface area contributed by atoms with Crippen LogP contribution in [0.25, 0.3) is 21.9 Å². The Labute approximate surface area is 149 Å². The fraction of sp³-hybridized carbons (Fsp3) is 0.167. The van der Waals surface area contributed by atoms with Gasteiger partial charge >= 0.3 is 0 Å². The Morgan fingerprint density at radius 1 is 0.792 bits per heavy atom. The SMILES string of the molecule is COc1cc(-c2c(Cl)nc(Cl)c3ccccc23)cc(OC)c1OC. The molecule has 0 aliphatic heterocycles. The van der Waals surface area contributed by atoms with Gasteiger partial charge in [-0.3, -0.25) is 0 Å². The van der Waals surface area contributed by atoms with E-state index in [0.29, 0.717) is 27.6 Å². The highest BCUT2D eigenvalue weighted by molar-refractivity contribution is 6.38. The van der Waals surface area contributed by atoms with Crippen molar-refractivity contribution in [1.29, 1.82) is 0 Å². The number of nitrogens with zero attached hydrogens (tertiary/aromatic N) is 1. The summed E-state index contributed by atoms with van der Waals surface area (Å²) < 4.78 is 16.2. The number of hydrogen-bond donors (Lipinski definition) is 0. The number of fused-ring (bicyclic) bond motifs is 1. The molecule has 0 atom stereocenters. The van der Waals surface area contributed by atoms with Crippen LogP contribution in [0.5, 0.6) is 17.2 Å². The number of halogens is 2. The van der Waals surface area contributed by atoms with Crippen LogP contribution in [0.2, 0.25) is 10.3 Å². The molecule has 0 saturated heterocycles. The van der Waals surface area contributed by atoms with Gasteiger partial charge in [-0.15, -0.1) is 0 Å². The van der Waals surface area contributed by atoms with Crippen molar-refractivity contribution < 1.29 is 14.2 Å². The Balaban J connectivity index is 2.36. The largest absolute Gasteiger partial charge is 0.493 e. The summed E-state index contributed by atoms with van der Waals surface area (Å²) in [4.78, 5) is 4.25. The minimum Gasteiger partial charge on any atom is -0.493 e. The molecule has 3 rings (SSSR count). The molecule has 0 spiro atoms. The van der Waals surface area contributed by atoms with Crippen molar-refractivity contribution in [2.24, 2.45) is 0 Å². The lowest BCUT2D eigenvalue weighted by Gasteiger charge is -2.16. The zero-order chi connectivity index (χ0) is 17.3. The number of pyridine rings is 1. The van der Waals surface area contributed by atoms with Crippen molar-refractivity contribution in [3.8, 4) is 28.4 Å². The predicted octanol–water partition coefficient (Wildman–Crippen LogP) is 5.23. The third-order valence-corrected chi connectivity index (χ3v) is 4.34. The second-order valence-corrected chi connectivity index (χ2v) is 5.74. The van der Waals surface area contributed by atoms with Gasteiger partial charge in [0, 0.05) is 10.9 Å². The topological polar surface area (TPSA) is 40.6 Å². The molecule has 4 nitrogen and oxygen atoms in total. The van der Waals surface area contributed by atoms with Crippen LogP contribution in [-0.2, 0) is 0 Å². The molecular formula is C18H15Cl2NO3. The normalized spacial score (nSPS) is 10.7. The van der Waals surface area contributed by atoms with Gasteiger partial charge < -0.3 is 14.2 Å². The first-order chi connectivity index (χ1) is 11.6. The Morgan fingerprint density at radius 3 is 1.92 bits per heavy atom. The average molecular weight is 364 g/mol. The molecule has 0 bridgehead atoms. The van der Waals surface area contributed by atoms with Crippen molar-refractivity contribution in [3.63, 3.8) is 0 Å². The van der Waals surface area contributed by atoms with Crippen LogP contribution in [0.15, 0.2) is 36.4 Å². The molecule has 0 aliphatic rings. The molecule has 1 aromatic heterocycles. The van der Waals surface area contributed by atoms with Gasteiger partial charge in [0.1, 0.15) is 10.3 Å². The molecule has 1 heterocycles. The van der Waals surface area contributed by atoms with E-state index >= 15 is 0 Å². The number of ether oxygens (including phenoxy) is 3. The monoisotopic (exact) mass is 363 g/mol. The lowest BCUT2D eigenvalue weighted by Crippen LogP contribution is -1.96. The van der Waals surface area contributed by atoms with Crippen molar-refractivity contribution in [2.45, 2.75) is 0 Å². The number of benzene rings is 2. The van der Waals surface area contributed by atoms with Gasteiger partial charge in [-0.2, -0.15) is 0 Å². The molecule has 0 amide bonds. The van der Waals surface area contributed by atoms with Crippen LogP contribution in [-0.4, -0.2) is 26.3 Å². The van der Waals surface area contributed by atoms with Gasteiger partial charge in [-0.25, -0.2) is 4.98 Å². The van der Waals surface area contributed by atoms with Crippen molar-refractivity contribution in [3.05, 3.63) is 46.7 Å². The van der Waals surface area contributed by atoms with E-state index in [1.54, 1.807) is 21.3 Å². The van der Waals surface area contributed by atoms with Gasteiger partial charge in [-0.1, -0.05) is 47.5 Å². The van der Waals surface area contributed by atoms with Crippen LogP contribution in [0.4, 0.5) is 0 Å². The Kier molecular flexibility index (Phi) is 4.69. The quantitative estimate of drug-likeness (QED) is 0.594. The second kappa shape index (κ2) is 6.75. The van der Waals surface area contributed by atoms with Crippen LogP contribution in [0, 0.1) is 0 Å². The minimum atomic E-state index is 0.313. The van der Waals surface area contributed by atoms with E-state index in [2.05, 4.69) is 4.98 Å². The molecule has 2 aromatic carbocycles. The highest BCUT2D eigenvalue weighted by Gasteiger charge is 2.19. The summed E-state index contributed by atoms with van der Waals surface area (Å²) >= 11 is 12.6. The van der Waals surface area contributed by atoms with E-state index in [9.17, 15) is 0 Å². The summed E-state index contributed by atoms with van der Waals surface area (Å²) in [5.74, 6) is 1.61. The van der Waals surface area contributed by atoms with Crippen molar-refractivity contribution in [1.82, 2.24) is 4.98 Å². The highest BCUT2D eigenvalue weighted by atomic mass is 35.5. The van der Waals surface area contributed by atoms with E-state index in [1.807, 2.05) is 36.4 Å². The third kappa shape index (κ3) is 2.72. The van der Waals surface area contributed by atoms with Crippen LogP contribution < -0.4 is 14.2 Å². The van der Waals surface area contributed by atoms with Gasteiger partial charge in [0.2, 0.25) is 5.75 Å². The first-order valence-corrected chi connectivity index (χ1v) is 7.90. The first kappa shape index (κ1) is 16.7. The van der Waals surface area contributed by atoms with Crippen LogP contribution in [0.3, 0.4) is 0 Å². The maximum atomic E-state index is 6.40. The predicted molar refractivity (Wildman–Crippen MR) is 96.9 cm³/mol. The average Bonchev–Trinajstić information content (AvgIpc) is 2.60. The second-order valence-electron chi connectivity index (χ2n) is 5.03. The summed E-state index contributed by atoms with van der Waals surface area (Å²) in [6.45, 7) is 0. The Hall–Kier alpha value is -2.17. The molecule has 0 saturated carbocycles. The Morgan fingerprint density at radius 2 is 1.38 bits per heavy atom. The standard InChI is InChI=1S/C18H15Cl2NO3/c1-22-13-8-10(9-14(23-2)16(13)24-3)15-11-6-4-5-7-12(11)17(19)21-18(15)20/h4-9H,1-3H3. The van der Waals surface area contributed by atoms with Gasteiger partial charge in [-0.05, 0) is 23.1 Å². The maximum absolute atomic E-state index is 6.40. The van der Waals surface area contributed by atoms with Gasteiger partial charge in [0.05, 0.1) is 21.3 Å². The lowest BCUT2D eigenvalue weighted by molar-refractivity contribution is 0.324. The van der Waals surface area contributed by atoms with E-state index in [4.69, 9.17) is 37.4 Å². The number of methoxy groups -OCH3 is 3. The molecule has 0 N–H and O–H groups in total. The minimum absolute atomic E-state index is 0.313. The summed E-state index contributed by atoms with van der Waals surface area (Å²) in [5.41, 5.74) is 1.56. The number of hydrogen-bond acceptors (Lipinski definition) is 4. The first-order valence-electron chi connectivity index (χ1n) is 7.14. The summed E-state index contributed by atoms with van der Waals surface area (Å²) in [5, 5.41) is 2.41. The molecule has 0 unspecified atom stereocenters. The molecule has 24 heavy (non-hydrogen) atoms. The Bertz CT molecular complexity index is 887. The molecule has 124 valence electrons. The molecule has 3 aromatic rings. The maximum Gasteiger partial charge on any atom is 0.203 e. The van der Waals surface area contributed by atoms with E-state index in [-0.39, 0.29) is 0 Å². The van der Waals surface area contributed by atoms with Crippen LogP contribution >= 0.6 is 23.2 Å². The van der Waals surface area contributed by atoms with E-state index < -0.39 is 0 Å². The zero-order valence-corrected chi connectivity index (χ0v) is 14.9. The van der Waals surface area contributed by atoms with Crippen molar-refractivity contribution in [2.75, 3.05) is 21.3 Å². The molecule has 0 fully saturated rings. The molecular weight excluding hydrogens is 349 g/mol. The van der Waals surface area contributed by atoms with Gasteiger partial charge in [0.15, 0.2) is 11.5 Å². The molecule has 6 heteroatoms. The van der Waals surface area contributed by atoms with E-state index in [0.717, 1.165) is 21.9 Å². The smallest absolute Gasteiger partial charge is 0.203 e. The molecule has 0 radical (unpaired) electrons. The fourth-order valence-electron chi connectivity index (χ4n) is 2.69. The third-order valence-electron chi connectivity index (χ3n) is 3.77. The number of aromatic nitrogens is 1. The summed E-state index contributed by atoms with van der Waals surface area (Å²) in [6, 6.07) is 11.4. The van der Waals surface area contributed by atoms with Crippen LogP contribution in [0.1, 0.15) is 0 Å². The highest BCUT2D eigenvalue weighted by Crippen LogP contribution is 2.44. The lowest BCUT2D eigenvalue weighted by atomic mass is 10.00. The van der Waals surface area contributed by atoms with Gasteiger partial charge in [0.25, 0.3) is 0 Å².